The van der Waals surface area contributed by atoms with Crippen molar-refractivity contribution < 1.29 is 17.7 Å². The molecule has 0 aliphatic heterocycles. The van der Waals surface area contributed by atoms with Crippen LogP contribution >= 0.6 is 11.3 Å². The number of para-hydroxylation sites is 1. The Bertz CT molecular complexity index is 882. The van der Waals surface area contributed by atoms with E-state index < -0.39 is 9.84 Å². The van der Waals surface area contributed by atoms with Crippen molar-refractivity contribution in [1.82, 2.24) is 5.16 Å². The maximum absolute atomic E-state index is 12.4. The van der Waals surface area contributed by atoms with Crippen molar-refractivity contribution in [2.45, 2.75) is 11.5 Å². The molecule has 3 rings (SSSR count). The van der Waals surface area contributed by atoms with E-state index in [9.17, 15) is 8.42 Å². The highest BCUT2D eigenvalue weighted by atomic mass is 32.2. The average molecular weight is 349 g/mol. The van der Waals surface area contributed by atoms with Crippen molar-refractivity contribution in [3.63, 3.8) is 0 Å². The first-order valence-electron chi connectivity index (χ1n) is 6.89. The van der Waals surface area contributed by atoms with Crippen LogP contribution in [0.25, 0.3) is 10.6 Å². The maximum atomic E-state index is 12.4. The van der Waals surface area contributed by atoms with Crippen LogP contribution in [0.2, 0.25) is 0 Å². The molecule has 120 valence electrons. The molecule has 1 aromatic carbocycles. The molecule has 3 aromatic rings. The Morgan fingerprint density at radius 2 is 2.00 bits per heavy atom. The predicted molar refractivity (Wildman–Crippen MR) is 89.1 cm³/mol. The van der Waals surface area contributed by atoms with E-state index in [0.717, 1.165) is 4.88 Å². The van der Waals surface area contributed by atoms with Gasteiger partial charge >= 0.3 is 0 Å². The van der Waals surface area contributed by atoms with E-state index in [1.165, 1.54) is 18.4 Å². The third kappa shape index (κ3) is 3.80. The maximum Gasteiger partial charge on any atom is 0.177 e. The minimum Gasteiger partial charge on any atom is -0.496 e. The molecule has 0 aliphatic carbocycles. The molecule has 0 radical (unpaired) electrons. The predicted octanol–water partition coefficient (Wildman–Crippen LogP) is 3.53. The van der Waals surface area contributed by atoms with Crippen LogP contribution in [0.4, 0.5) is 0 Å². The van der Waals surface area contributed by atoms with Crippen LogP contribution in [0.15, 0.2) is 52.4 Å². The normalized spacial score (nSPS) is 11.5. The molecule has 0 saturated carbocycles. The van der Waals surface area contributed by atoms with Gasteiger partial charge in [-0.3, -0.25) is 0 Å². The summed E-state index contributed by atoms with van der Waals surface area (Å²) in [6.07, 6.45) is 0. The summed E-state index contributed by atoms with van der Waals surface area (Å²) in [5.41, 5.74) is 1.04. The van der Waals surface area contributed by atoms with Gasteiger partial charge in [0.1, 0.15) is 5.75 Å². The minimum atomic E-state index is -3.37. The first-order valence-corrected chi connectivity index (χ1v) is 9.59. The zero-order chi connectivity index (χ0) is 16.3. The topological polar surface area (TPSA) is 69.4 Å². The van der Waals surface area contributed by atoms with Crippen molar-refractivity contribution in [2.24, 2.45) is 0 Å². The summed E-state index contributed by atoms with van der Waals surface area (Å²) in [5.74, 6) is 0.885. The van der Waals surface area contributed by atoms with Crippen LogP contribution in [-0.2, 0) is 21.3 Å². The average Bonchev–Trinajstić information content (AvgIpc) is 3.18. The van der Waals surface area contributed by atoms with Gasteiger partial charge in [0.2, 0.25) is 0 Å². The number of nitrogens with zero attached hydrogens (tertiary/aromatic N) is 1. The lowest BCUT2D eigenvalue weighted by atomic mass is 10.2. The quantitative estimate of drug-likeness (QED) is 0.681. The smallest absolute Gasteiger partial charge is 0.177 e. The molecule has 7 heteroatoms. The third-order valence-corrected chi connectivity index (χ3v) is 5.63. The Morgan fingerprint density at radius 1 is 1.17 bits per heavy atom. The second-order valence-corrected chi connectivity index (χ2v) is 8.02. The molecule has 0 bridgehead atoms. The van der Waals surface area contributed by atoms with E-state index in [1.807, 2.05) is 17.5 Å². The molecule has 0 aliphatic rings. The largest absolute Gasteiger partial charge is 0.496 e. The fraction of sp³-hybridized carbons (Fsp3) is 0.188. The fourth-order valence-corrected chi connectivity index (χ4v) is 4.32. The molecule has 0 unspecified atom stereocenters. The Balaban J connectivity index is 1.76. The van der Waals surface area contributed by atoms with Crippen molar-refractivity contribution in [1.29, 1.82) is 0 Å². The Hall–Kier alpha value is -2.12. The van der Waals surface area contributed by atoms with E-state index in [-0.39, 0.29) is 11.5 Å². The highest BCUT2D eigenvalue weighted by Gasteiger charge is 2.19. The lowest BCUT2D eigenvalue weighted by Crippen LogP contribution is -2.08. The van der Waals surface area contributed by atoms with Crippen LogP contribution in [0.5, 0.6) is 5.75 Å². The molecule has 0 saturated heterocycles. The number of hydrogen-bond donors (Lipinski definition) is 0. The molecule has 0 spiro atoms. The summed E-state index contributed by atoms with van der Waals surface area (Å²) in [7, 11) is -1.85. The third-order valence-electron chi connectivity index (χ3n) is 3.26. The van der Waals surface area contributed by atoms with Gasteiger partial charge in [0.15, 0.2) is 15.6 Å². The van der Waals surface area contributed by atoms with Gasteiger partial charge < -0.3 is 9.26 Å². The Labute approximate surface area is 138 Å². The molecule has 0 fully saturated rings. The number of hydrogen-bond acceptors (Lipinski definition) is 6. The monoisotopic (exact) mass is 349 g/mol. The van der Waals surface area contributed by atoms with Crippen LogP contribution in [0, 0.1) is 0 Å². The number of aromatic nitrogens is 1. The molecule has 0 atom stereocenters. The van der Waals surface area contributed by atoms with E-state index in [4.69, 9.17) is 9.26 Å². The highest BCUT2D eigenvalue weighted by molar-refractivity contribution is 7.89. The van der Waals surface area contributed by atoms with Crippen molar-refractivity contribution in [2.75, 3.05) is 7.11 Å². The second kappa shape index (κ2) is 6.55. The molecule has 2 heterocycles. The van der Waals surface area contributed by atoms with Crippen molar-refractivity contribution in [3.8, 4) is 16.4 Å². The SMILES string of the molecule is COc1ccccc1CS(=O)(=O)Cc1cc(-c2cccs2)on1. The molecule has 2 aromatic heterocycles. The van der Waals surface area contributed by atoms with Gasteiger partial charge in [0.25, 0.3) is 0 Å². The lowest BCUT2D eigenvalue weighted by Gasteiger charge is -2.08. The first-order chi connectivity index (χ1) is 11.1. The van der Waals surface area contributed by atoms with Crippen LogP contribution in [0.1, 0.15) is 11.3 Å². The zero-order valence-corrected chi connectivity index (χ0v) is 14.1. The molecule has 5 nitrogen and oxygen atoms in total. The van der Waals surface area contributed by atoms with Crippen molar-refractivity contribution >= 4 is 21.2 Å². The Kier molecular flexibility index (Phi) is 4.49. The summed E-state index contributed by atoms with van der Waals surface area (Å²) in [4.78, 5) is 0.922. The summed E-state index contributed by atoms with van der Waals surface area (Å²) in [6, 6.07) is 12.6. The van der Waals surface area contributed by atoms with Gasteiger partial charge in [0, 0.05) is 11.6 Å². The molecule has 0 amide bonds. The number of sulfone groups is 1. The number of methoxy groups -OCH3 is 1. The number of ether oxygens (including phenoxy) is 1. The molecule has 0 N–H and O–H groups in total. The minimum absolute atomic E-state index is 0.0990. The van der Waals surface area contributed by atoms with Crippen LogP contribution in [-0.4, -0.2) is 20.7 Å². The van der Waals surface area contributed by atoms with E-state index in [0.29, 0.717) is 22.8 Å². The molecule has 23 heavy (non-hydrogen) atoms. The lowest BCUT2D eigenvalue weighted by molar-refractivity contribution is 0.411. The molecular formula is C16H15NO4S2. The van der Waals surface area contributed by atoms with E-state index in [2.05, 4.69) is 5.16 Å². The second-order valence-electron chi connectivity index (χ2n) is 5.00. The summed E-state index contributed by atoms with van der Waals surface area (Å²) in [5, 5.41) is 5.79. The van der Waals surface area contributed by atoms with Gasteiger partial charge in [-0.2, -0.15) is 0 Å². The summed E-state index contributed by atoms with van der Waals surface area (Å²) < 4.78 is 35.2. The standard InChI is InChI=1S/C16H15NO4S2/c1-20-14-6-3-2-5-12(14)10-23(18,19)11-13-9-15(21-17-13)16-7-4-8-22-16/h2-9H,10-11H2,1H3. The number of benzene rings is 1. The number of rotatable bonds is 6. The number of thiophene rings is 1. The van der Waals surface area contributed by atoms with Gasteiger partial charge in [-0.15, -0.1) is 11.3 Å². The zero-order valence-electron chi connectivity index (χ0n) is 12.4. The molecular weight excluding hydrogens is 334 g/mol. The summed E-state index contributed by atoms with van der Waals surface area (Å²) in [6.45, 7) is 0. The van der Waals surface area contributed by atoms with Crippen LogP contribution < -0.4 is 4.74 Å². The van der Waals surface area contributed by atoms with Gasteiger partial charge in [-0.25, -0.2) is 8.42 Å². The summed E-state index contributed by atoms with van der Waals surface area (Å²) >= 11 is 1.52. The van der Waals surface area contributed by atoms with Crippen LogP contribution in [0.3, 0.4) is 0 Å². The Morgan fingerprint density at radius 3 is 2.74 bits per heavy atom. The van der Waals surface area contributed by atoms with Crippen molar-refractivity contribution in [3.05, 3.63) is 59.1 Å². The van der Waals surface area contributed by atoms with E-state index in [1.54, 1.807) is 30.3 Å². The van der Waals surface area contributed by atoms with Gasteiger partial charge in [0.05, 0.1) is 29.2 Å². The fourth-order valence-electron chi connectivity index (χ4n) is 2.25. The first kappa shape index (κ1) is 15.8. The van der Waals surface area contributed by atoms with Gasteiger partial charge in [-0.05, 0) is 17.5 Å². The van der Waals surface area contributed by atoms with Gasteiger partial charge in [-0.1, -0.05) is 29.4 Å². The highest BCUT2D eigenvalue weighted by Crippen LogP contribution is 2.26. The van der Waals surface area contributed by atoms with E-state index >= 15 is 0 Å².